The van der Waals surface area contributed by atoms with Crippen LogP contribution < -0.4 is 4.74 Å². The summed E-state index contributed by atoms with van der Waals surface area (Å²) < 4.78 is 36.2. The first-order valence-corrected chi connectivity index (χ1v) is 10.8. The summed E-state index contributed by atoms with van der Waals surface area (Å²) in [5.74, 6) is -1.13. The molecule has 1 aliphatic heterocycles. The first-order valence-electron chi connectivity index (χ1n) is 9.73. The number of hydrogen-bond acceptors (Lipinski definition) is 2. The number of allylic oxidation sites excluding steroid dienone is 3. The highest BCUT2D eigenvalue weighted by Gasteiger charge is 2.29. The summed E-state index contributed by atoms with van der Waals surface area (Å²) in [5, 5.41) is 0. The summed E-state index contributed by atoms with van der Waals surface area (Å²) in [6.07, 6.45) is 1.93. The first kappa shape index (κ1) is 23.1. The fourth-order valence-corrected chi connectivity index (χ4v) is 3.77. The lowest BCUT2D eigenvalue weighted by Gasteiger charge is -2.34. The van der Waals surface area contributed by atoms with Gasteiger partial charge in [0.1, 0.15) is 17.4 Å². The number of halogens is 3. The van der Waals surface area contributed by atoms with Crippen LogP contribution in [0.4, 0.5) is 8.78 Å². The van der Waals surface area contributed by atoms with Crippen LogP contribution in [0.5, 0.6) is 5.75 Å². The fourth-order valence-electron chi connectivity index (χ4n) is 3.17. The molecule has 0 aliphatic carbocycles. The second-order valence-corrected chi connectivity index (χ2v) is 7.17. The third kappa shape index (κ3) is 4.89. The number of benzene rings is 2. The molecule has 29 heavy (non-hydrogen) atoms. The maximum atomic E-state index is 15.0. The molecule has 3 rings (SSSR count). The van der Waals surface area contributed by atoms with Crippen molar-refractivity contribution in [2.45, 2.75) is 27.7 Å². The molecular formula is C24H26F2INO. The van der Waals surface area contributed by atoms with Crippen molar-refractivity contribution in [3.63, 3.8) is 0 Å². The van der Waals surface area contributed by atoms with E-state index in [1.165, 1.54) is 12.1 Å². The minimum atomic E-state index is -0.654. The van der Waals surface area contributed by atoms with E-state index in [-0.39, 0.29) is 11.3 Å². The van der Waals surface area contributed by atoms with Gasteiger partial charge in [-0.05, 0) is 48.1 Å². The lowest BCUT2D eigenvalue weighted by molar-refractivity contribution is 0.335. The molecule has 0 spiro atoms. The SMILES string of the molecule is C=C1C(I)=CC(c2ccccc2)=C(c2c(F)cc(OCC)cc2F)N1CC.CC. The molecule has 154 valence electrons. The molecule has 0 bridgehead atoms. The highest BCUT2D eigenvalue weighted by Crippen LogP contribution is 2.43. The average molecular weight is 509 g/mol. The summed E-state index contributed by atoms with van der Waals surface area (Å²) in [7, 11) is 0. The van der Waals surface area contributed by atoms with Crippen molar-refractivity contribution in [3.05, 3.63) is 87.2 Å². The largest absolute Gasteiger partial charge is 0.494 e. The highest BCUT2D eigenvalue weighted by atomic mass is 127. The third-order valence-corrected chi connectivity index (χ3v) is 5.30. The Morgan fingerprint density at radius 3 is 2.14 bits per heavy atom. The highest BCUT2D eigenvalue weighted by molar-refractivity contribution is 14.1. The van der Waals surface area contributed by atoms with Crippen LogP contribution in [0.3, 0.4) is 0 Å². The first-order chi connectivity index (χ1) is 14.0. The van der Waals surface area contributed by atoms with E-state index in [2.05, 4.69) is 29.2 Å². The molecular weight excluding hydrogens is 483 g/mol. The summed E-state index contributed by atoms with van der Waals surface area (Å²) in [6.45, 7) is 12.7. The Bertz CT molecular complexity index is 912. The van der Waals surface area contributed by atoms with Crippen LogP contribution in [0.1, 0.15) is 38.8 Å². The van der Waals surface area contributed by atoms with Crippen molar-refractivity contribution in [2.75, 3.05) is 13.2 Å². The van der Waals surface area contributed by atoms with Gasteiger partial charge in [0.25, 0.3) is 0 Å². The van der Waals surface area contributed by atoms with Gasteiger partial charge < -0.3 is 9.64 Å². The van der Waals surface area contributed by atoms with Crippen molar-refractivity contribution < 1.29 is 13.5 Å². The molecule has 0 saturated heterocycles. The molecule has 0 aromatic heterocycles. The summed E-state index contributed by atoms with van der Waals surface area (Å²) in [6, 6.07) is 12.1. The standard InChI is InChI=1S/C22H20F2INO.C2H6/c1-4-26-14(3)20(25)13-17(15-9-7-6-8-10-15)22(26)21-18(23)11-16(27-5-2)12-19(21)24;1-2/h6-13H,3-5H2,1-2H3;1-2H3. The molecule has 0 fully saturated rings. The van der Waals surface area contributed by atoms with Crippen molar-refractivity contribution in [3.8, 4) is 5.75 Å². The molecule has 0 amide bonds. The molecule has 0 atom stereocenters. The number of nitrogens with zero attached hydrogens (tertiary/aromatic N) is 1. The quantitative estimate of drug-likeness (QED) is 0.389. The van der Waals surface area contributed by atoms with Gasteiger partial charge in [-0.3, -0.25) is 0 Å². The van der Waals surface area contributed by atoms with Gasteiger partial charge in [-0.1, -0.05) is 50.8 Å². The normalized spacial score (nSPS) is 13.7. The molecule has 0 radical (unpaired) electrons. The van der Waals surface area contributed by atoms with Gasteiger partial charge in [0.05, 0.1) is 17.9 Å². The Balaban J connectivity index is 0.00000145. The van der Waals surface area contributed by atoms with E-state index in [9.17, 15) is 0 Å². The zero-order valence-corrected chi connectivity index (χ0v) is 19.4. The van der Waals surface area contributed by atoms with Gasteiger partial charge in [-0.15, -0.1) is 0 Å². The number of ether oxygens (including phenoxy) is 1. The smallest absolute Gasteiger partial charge is 0.139 e. The van der Waals surface area contributed by atoms with Crippen LogP contribution in [0.25, 0.3) is 11.3 Å². The van der Waals surface area contributed by atoms with E-state index in [0.29, 0.717) is 18.8 Å². The van der Waals surface area contributed by atoms with Crippen molar-refractivity contribution >= 4 is 33.9 Å². The third-order valence-electron chi connectivity index (χ3n) is 4.36. The van der Waals surface area contributed by atoms with Crippen LogP contribution in [0, 0.1) is 11.6 Å². The Labute approximate surface area is 185 Å². The zero-order valence-electron chi connectivity index (χ0n) is 17.2. The van der Waals surface area contributed by atoms with Gasteiger partial charge in [0, 0.05) is 33.5 Å². The number of hydrogen-bond donors (Lipinski definition) is 0. The lowest BCUT2D eigenvalue weighted by atomic mass is 9.94. The minimum absolute atomic E-state index is 0.0690. The number of rotatable bonds is 5. The lowest BCUT2D eigenvalue weighted by Crippen LogP contribution is -2.25. The second kappa shape index (κ2) is 10.6. The maximum absolute atomic E-state index is 15.0. The Hall–Kier alpha value is -2.15. The van der Waals surface area contributed by atoms with Gasteiger partial charge in [0.15, 0.2) is 0 Å². The minimum Gasteiger partial charge on any atom is -0.494 e. The van der Waals surface area contributed by atoms with E-state index < -0.39 is 11.6 Å². The van der Waals surface area contributed by atoms with Gasteiger partial charge in [-0.25, -0.2) is 8.78 Å². The van der Waals surface area contributed by atoms with Gasteiger partial charge in [-0.2, -0.15) is 0 Å². The molecule has 0 saturated carbocycles. The molecule has 1 aliphatic rings. The Morgan fingerprint density at radius 1 is 1.03 bits per heavy atom. The van der Waals surface area contributed by atoms with E-state index in [0.717, 1.165) is 20.4 Å². The van der Waals surface area contributed by atoms with E-state index in [1.54, 1.807) is 6.92 Å². The van der Waals surface area contributed by atoms with Crippen LogP contribution in [0.15, 0.2) is 64.4 Å². The van der Waals surface area contributed by atoms with Gasteiger partial charge >= 0.3 is 0 Å². The fraction of sp³-hybridized carbons (Fsp3) is 0.250. The van der Waals surface area contributed by atoms with E-state index in [1.807, 2.05) is 62.1 Å². The van der Waals surface area contributed by atoms with E-state index >= 15 is 8.78 Å². The molecule has 2 aromatic carbocycles. The molecule has 2 nitrogen and oxygen atoms in total. The van der Waals surface area contributed by atoms with Crippen LogP contribution >= 0.6 is 22.6 Å². The van der Waals surface area contributed by atoms with E-state index in [4.69, 9.17) is 4.74 Å². The Kier molecular flexibility index (Phi) is 8.44. The molecule has 0 N–H and O–H groups in total. The van der Waals surface area contributed by atoms with Crippen LogP contribution in [0.2, 0.25) is 0 Å². The van der Waals surface area contributed by atoms with Crippen molar-refractivity contribution in [1.29, 1.82) is 0 Å². The molecule has 1 heterocycles. The second-order valence-electron chi connectivity index (χ2n) is 6.01. The predicted molar refractivity (Wildman–Crippen MR) is 126 cm³/mol. The predicted octanol–water partition coefficient (Wildman–Crippen LogP) is 7.43. The molecule has 5 heteroatoms. The Morgan fingerprint density at radius 2 is 1.62 bits per heavy atom. The average Bonchev–Trinajstić information content (AvgIpc) is 2.72. The topological polar surface area (TPSA) is 12.5 Å². The number of likely N-dealkylation sites (N-methyl/N-ethyl adjacent to an activating group) is 1. The summed E-state index contributed by atoms with van der Waals surface area (Å²) >= 11 is 2.20. The van der Waals surface area contributed by atoms with Gasteiger partial charge in [0.2, 0.25) is 0 Å². The van der Waals surface area contributed by atoms with Crippen LogP contribution in [-0.2, 0) is 0 Å². The van der Waals surface area contributed by atoms with Crippen LogP contribution in [-0.4, -0.2) is 18.1 Å². The summed E-state index contributed by atoms with van der Waals surface area (Å²) in [4.78, 5) is 1.85. The summed E-state index contributed by atoms with van der Waals surface area (Å²) in [5.41, 5.74) is 2.78. The molecule has 0 unspecified atom stereocenters. The maximum Gasteiger partial charge on any atom is 0.139 e. The monoisotopic (exact) mass is 509 g/mol. The van der Waals surface area contributed by atoms with Crippen molar-refractivity contribution in [1.82, 2.24) is 4.90 Å². The van der Waals surface area contributed by atoms with Crippen molar-refractivity contribution in [2.24, 2.45) is 0 Å². The zero-order chi connectivity index (χ0) is 21.6. The molecule has 2 aromatic rings.